The number of aromatic nitrogens is 1. The molecule has 1 aliphatic heterocycles. The highest BCUT2D eigenvalue weighted by Gasteiger charge is 2.64. The molecule has 3 nitrogen and oxygen atoms in total. The Kier molecular flexibility index (Phi) is 8.72. The van der Waals surface area contributed by atoms with Crippen molar-refractivity contribution in [1.29, 1.82) is 0 Å². The predicted octanol–water partition coefficient (Wildman–Crippen LogP) is 10.1. The van der Waals surface area contributed by atoms with E-state index in [0.717, 1.165) is 46.5 Å². The van der Waals surface area contributed by atoms with Crippen molar-refractivity contribution in [3.05, 3.63) is 89.7 Å². The number of halogens is 6. The molecule has 0 saturated heterocycles. The first kappa shape index (κ1) is 32.8. The summed E-state index contributed by atoms with van der Waals surface area (Å²) in [6.07, 6.45) is -9.46. The lowest BCUT2D eigenvalue weighted by Crippen LogP contribution is -2.71. The largest absolute Gasteiger partial charge is 0.492 e. The maximum Gasteiger partial charge on any atom is 0.448 e. The van der Waals surface area contributed by atoms with Crippen LogP contribution in [0.5, 0.6) is 0 Å². The van der Waals surface area contributed by atoms with Gasteiger partial charge in [-0.1, -0.05) is 57.5 Å². The highest BCUT2D eigenvalue weighted by atomic mass is 19.4. The molecule has 2 unspecified atom stereocenters. The number of methoxy groups -OCH3 is 1. The smallest absolute Gasteiger partial charge is 0.448 e. The normalized spacial score (nSPS) is 19.0. The van der Waals surface area contributed by atoms with Crippen LogP contribution in [-0.4, -0.2) is 25.6 Å². The van der Waals surface area contributed by atoms with Gasteiger partial charge in [-0.25, -0.2) is 0 Å². The van der Waals surface area contributed by atoms with Gasteiger partial charge < -0.3 is 9.47 Å². The Balaban J connectivity index is 1.86. The average Bonchev–Trinajstić information content (AvgIpc) is 3.00. The number of para-hydroxylation sites is 1. The fourth-order valence-corrected chi connectivity index (χ4v) is 7.14. The van der Waals surface area contributed by atoms with Crippen molar-refractivity contribution in [3.8, 4) is 11.3 Å². The van der Waals surface area contributed by atoms with Crippen LogP contribution in [0, 0.1) is 0 Å². The molecule has 0 saturated carbocycles. The van der Waals surface area contributed by atoms with Gasteiger partial charge in [0.15, 0.2) is 11.9 Å². The van der Waals surface area contributed by atoms with Crippen LogP contribution in [0.2, 0.25) is 0 Å². The second-order valence-electron chi connectivity index (χ2n) is 11.9. The van der Waals surface area contributed by atoms with Crippen LogP contribution in [0.4, 0.5) is 26.3 Å². The first-order valence-electron chi connectivity index (χ1n) is 15.3. The highest BCUT2D eigenvalue weighted by Crippen LogP contribution is 2.53. The maximum atomic E-state index is 14.7. The van der Waals surface area contributed by atoms with Crippen LogP contribution in [0.1, 0.15) is 64.5 Å². The van der Waals surface area contributed by atoms with E-state index >= 15 is 0 Å². The molecule has 0 N–H and O–H groups in total. The van der Waals surface area contributed by atoms with Crippen LogP contribution < -0.4 is 4.57 Å². The Morgan fingerprint density at radius 3 is 2.18 bits per heavy atom. The van der Waals surface area contributed by atoms with Gasteiger partial charge in [0.1, 0.15) is 0 Å². The molecule has 9 heteroatoms. The van der Waals surface area contributed by atoms with Gasteiger partial charge in [-0.05, 0) is 71.8 Å². The van der Waals surface area contributed by atoms with E-state index in [0.29, 0.717) is 31.2 Å². The number of fused-ring (bicyclic) bond motifs is 6. The topological polar surface area (TPSA) is 22.3 Å². The second-order valence-corrected chi connectivity index (χ2v) is 11.9. The van der Waals surface area contributed by atoms with Crippen molar-refractivity contribution in [2.75, 3.05) is 7.11 Å². The van der Waals surface area contributed by atoms with E-state index in [2.05, 4.69) is 29.9 Å². The van der Waals surface area contributed by atoms with Gasteiger partial charge in [0.05, 0.1) is 18.1 Å². The summed E-state index contributed by atoms with van der Waals surface area (Å²) in [7, 11) is 0.698. The molecule has 0 fully saturated rings. The summed E-state index contributed by atoms with van der Waals surface area (Å²) in [6.45, 7) is 7.49. The number of rotatable bonds is 9. The van der Waals surface area contributed by atoms with Crippen LogP contribution in [-0.2, 0) is 27.0 Å². The fourth-order valence-electron chi connectivity index (χ4n) is 7.14. The van der Waals surface area contributed by atoms with Crippen LogP contribution >= 0.6 is 0 Å². The van der Waals surface area contributed by atoms with Crippen molar-refractivity contribution >= 4 is 21.7 Å². The third-order valence-electron chi connectivity index (χ3n) is 9.49. The van der Waals surface area contributed by atoms with E-state index < -0.39 is 35.4 Å². The van der Waals surface area contributed by atoms with Crippen molar-refractivity contribution in [2.24, 2.45) is 0 Å². The third-order valence-corrected chi connectivity index (χ3v) is 9.49. The second kappa shape index (κ2) is 12.0. The lowest BCUT2D eigenvalue weighted by atomic mass is 9.63. The summed E-state index contributed by atoms with van der Waals surface area (Å²) in [6, 6.07) is 21.4. The molecule has 0 amide bonds. The van der Waals surface area contributed by atoms with E-state index in [-0.39, 0.29) is 6.08 Å². The Morgan fingerprint density at radius 2 is 1.56 bits per heavy atom. The van der Waals surface area contributed by atoms with Crippen LogP contribution in [0.25, 0.3) is 32.9 Å². The molecule has 0 aliphatic carbocycles. The summed E-state index contributed by atoms with van der Waals surface area (Å²) >= 11 is 0. The minimum absolute atomic E-state index is 0.000430. The number of alkyl halides is 6. The van der Waals surface area contributed by atoms with Gasteiger partial charge in [0.2, 0.25) is 11.2 Å². The van der Waals surface area contributed by atoms with E-state index in [4.69, 9.17) is 4.74 Å². The molecule has 0 radical (unpaired) electrons. The molecule has 2 atom stereocenters. The van der Waals surface area contributed by atoms with Gasteiger partial charge in [-0.2, -0.15) is 30.9 Å². The van der Waals surface area contributed by atoms with Gasteiger partial charge in [0.25, 0.3) is 5.72 Å². The van der Waals surface area contributed by atoms with Crippen molar-refractivity contribution in [2.45, 2.75) is 89.4 Å². The van der Waals surface area contributed by atoms with Gasteiger partial charge >= 0.3 is 12.4 Å². The standard InChI is InChI=1S/C36H38F6NO2/c1-6-9-12-23-15-16-25-21-28-27(20-26(25)19-23)30-18-17-24-13-10-11-14-29(24)43(30)33(4,34(28,7-2)8-3)45-32(36(40,41)42)22-31(44-5)35(37,38)39/h10-11,13-22,32H,6-9,12H2,1-5H3/q+1. The average molecular weight is 631 g/mol. The first-order chi connectivity index (χ1) is 21.2. The van der Waals surface area contributed by atoms with Crippen LogP contribution in [0.15, 0.2) is 78.6 Å². The Labute approximate surface area is 259 Å². The molecular weight excluding hydrogens is 592 g/mol. The molecule has 45 heavy (non-hydrogen) atoms. The fraction of sp³-hybridized carbons (Fsp3) is 0.417. The number of unbranched alkanes of at least 4 members (excludes halogenated alkanes) is 1. The van der Waals surface area contributed by atoms with Gasteiger partial charge in [0, 0.05) is 30.5 Å². The summed E-state index contributed by atoms with van der Waals surface area (Å²) in [4.78, 5) is 0. The molecule has 1 aliphatic rings. The van der Waals surface area contributed by atoms with E-state index in [9.17, 15) is 26.3 Å². The molecule has 0 spiro atoms. The summed E-state index contributed by atoms with van der Waals surface area (Å²) in [5.74, 6) is -1.77. The van der Waals surface area contributed by atoms with Crippen molar-refractivity contribution in [1.82, 2.24) is 0 Å². The first-order valence-corrected chi connectivity index (χ1v) is 15.3. The third kappa shape index (κ3) is 5.58. The number of aryl methyl sites for hydroxylation is 1. The molecule has 4 aromatic rings. The number of pyridine rings is 1. The van der Waals surface area contributed by atoms with Crippen molar-refractivity contribution in [3.63, 3.8) is 0 Å². The maximum absolute atomic E-state index is 14.7. The Bertz CT molecular complexity index is 1740. The zero-order valence-corrected chi connectivity index (χ0v) is 26.1. The number of hydrogen-bond acceptors (Lipinski definition) is 2. The predicted molar refractivity (Wildman–Crippen MR) is 164 cm³/mol. The summed E-state index contributed by atoms with van der Waals surface area (Å²) < 4.78 is 97.5. The molecule has 5 rings (SSSR count). The quantitative estimate of drug-likeness (QED) is 0.104. The number of benzene rings is 3. The lowest BCUT2D eigenvalue weighted by molar-refractivity contribution is -0.795. The minimum atomic E-state index is -5.17. The molecule has 3 aromatic carbocycles. The van der Waals surface area contributed by atoms with Crippen LogP contribution in [0.3, 0.4) is 0 Å². The molecule has 2 heterocycles. The van der Waals surface area contributed by atoms with Gasteiger partial charge in [-0.3, -0.25) is 0 Å². The summed E-state index contributed by atoms with van der Waals surface area (Å²) in [5.41, 5.74) is 1.24. The number of nitrogens with zero attached hydrogens (tertiary/aromatic N) is 1. The lowest BCUT2D eigenvalue weighted by Gasteiger charge is -2.48. The minimum Gasteiger partial charge on any atom is -0.492 e. The molecule has 0 bridgehead atoms. The zero-order chi connectivity index (χ0) is 32.8. The highest BCUT2D eigenvalue weighted by molar-refractivity contribution is 5.90. The van der Waals surface area contributed by atoms with Gasteiger partial charge in [-0.15, -0.1) is 0 Å². The number of ether oxygens (including phenoxy) is 2. The summed E-state index contributed by atoms with van der Waals surface area (Å²) in [5, 5.41) is 2.71. The zero-order valence-electron chi connectivity index (χ0n) is 26.1. The van der Waals surface area contributed by atoms with E-state index in [1.807, 2.05) is 50.2 Å². The van der Waals surface area contributed by atoms with E-state index in [1.165, 1.54) is 5.56 Å². The van der Waals surface area contributed by atoms with Crippen molar-refractivity contribution < 1.29 is 40.4 Å². The Morgan fingerprint density at radius 1 is 0.867 bits per heavy atom. The SMILES string of the molecule is CCCCc1ccc2cc3c(cc2c1)-c1ccc2ccccc2[n+]1C(C)(OC(C=C(OC)C(F)(F)F)C(F)(F)F)C3(CC)CC. The van der Waals surface area contributed by atoms with E-state index in [1.54, 1.807) is 23.6 Å². The monoisotopic (exact) mass is 630 g/mol. The number of hydrogen-bond donors (Lipinski definition) is 0. The Hall–Kier alpha value is -3.59. The molecule has 1 aromatic heterocycles. The number of allylic oxidation sites excluding steroid dienone is 1. The molecule has 240 valence electrons. The molecular formula is C36H38F6NO2+.